The zero-order chi connectivity index (χ0) is 31.7. The molecule has 0 radical (unpaired) electrons. The van der Waals surface area contributed by atoms with Crippen molar-refractivity contribution >= 4 is 10.2 Å². The minimum Gasteiger partial charge on any atom is -0.508 e. The van der Waals surface area contributed by atoms with E-state index in [1.54, 1.807) is 24.3 Å². The number of unbranched alkanes of at least 4 members (excludes halogenated alkanes) is 6. The molecule has 4 N–H and O–H groups in total. The van der Waals surface area contributed by atoms with Crippen molar-refractivity contribution in [2.24, 2.45) is 0 Å². The number of hydrogen-bond acceptors (Lipinski definition) is 5. The molecule has 2 aromatic rings. The van der Waals surface area contributed by atoms with Crippen LogP contribution in [0.3, 0.4) is 0 Å². The van der Waals surface area contributed by atoms with Gasteiger partial charge in [0.15, 0.2) is 0 Å². The van der Waals surface area contributed by atoms with Crippen molar-refractivity contribution in [3.8, 4) is 17.2 Å². The Morgan fingerprint density at radius 3 is 2.02 bits per heavy atom. The van der Waals surface area contributed by atoms with Gasteiger partial charge in [0.2, 0.25) is 0 Å². The van der Waals surface area contributed by atoms with E-state index in [4.69, 9.17) is 4.74 Å². The molecule has 7 nitrogen and oxygen atoms in total. The molecule has 2 aromatic carbocycles. The Hall–Kier alpha value is -2.64. The third kappa shape index (κ3) is 9.94. The third-order valence-electron chi connectivity index (χ3n) is 8.03. The van der Waals surface area contributed by atoms with E-state index in [1.807, 2.05) is 22.9 Å². The van der Waals surface area contributed by atoms with Gasteiger partial charge in [0, 0.05) is 36.9 Å². The molecule has 242 valence electrons. The molecular formula is C30H41F5N2O5S. The van der Waals surface area contributed by atoms with Gasteiger partial charge in [-0.25, -0.2) is 9.44 Å². The average Bonchev–Trinajstić information content (AvgIpc) is 2.93. The molecule has 0 spiro atoms. The van der Waals surface area contributed by atoms with Gasteiger partial charge in [-0.2, -0.15) is 30.4 Å². The number of nitrogens with one attached hydrogen (secondary N) is 2. The smallest absolute Gasteiger partial charge is 0.453 e. The fourth-order valence-electron chi connectivity index (χ4n) is 5.48. The molecular weight excluding hydrogens is 595 g/mol. The lowest BCUT2D eigenvalue weighted by Crippen LogP contribution is -2.40. The minimum absolute atomic E-state index is 0.141. The molecule has 13 heteroatoms. The molecule has 0 amide bonds. The Morgan fingerprint density at radius 2 is 1.40 bits per heavy atom. The molecule has 3 rings (SSSR count). The van der Waals surface area contributed by atoms with E-state index in [1.165, 1.54) is 0 Å². The highest BCUT2D eigenvalue weighted by molar-refractivity contribution is 7.87. The fourth-order valence-corrected chi connectivity index (χ4v) is 6.41. The summed E-state index contributed by atoms with van der Waals surface area (Å²) in [7, 11) is -3.97. The first-order valence-electron chi connectivity index (χ1n) is 14.6. The van der Waals surface area contributed by atoms with Crippen LogP contribution in [0.1, 0.15) is 88.2 Å². The Kier molecular flexibility index (Phi) is 12.1. The molecule has 0 saturated heterocycles. The van der Waals surface area contributed by atoms with E-state index in [0.717, 1.165) is 56.1 Å². The maximum atomic E-state index is 12.9. The number of rotatable bonds is 17. The maximum absolute atomic E-state index is 12.9. The SMILES string of the molecule is CC1(c2ccc(O)cc2)COc2cc(O)ccc2C1CCCCCCCCCNS(=O)(=O)NCCCC(F)(F)C(F)(F)F. The van der Waals surface area contributed by atoms with E-state index in [-0.39, 0.29) is 29.4 Å². The van der Waals surface area contributed by atoms with Gasteiger partial charge in [0.25, 0.3) is 10.2 Å². The van der Waals surface area contributed by atoms with Gasteiger partial charge < -0.3 is 14.9 Å². The highest BCUT2D eigenvalue weighted by Gasteiger charge is 2.56. The summed E-state index contributed by atoms with van der Waals surface area (Å²) in [5.74, 6) is -3.64. The van der Waals surface area contributed by atoms with E-state index < -0.39 is 41.7 Å². The van der Waals surface area contributed by atoms with Crippen molar-refractivity contribution in [3.05, 3.63) is 53.6 Å². The van der Waals surface area contributed by atoms with Gasteiger partial charge in [-0.1, -0.05) is 63.6 Å². The highest BCUT2D eigenvalue weighted by atomic mass is 32.2. The Morgan fingerprint density at radius 1 is 0.837 bits per heavy atom. The first-order chi connectivity index (χ1) is 20.1. The second-order valence-electron chi connectivity index (χ2n) is 11.4. The minimum atomic E-state index is -5.65. The summed E-state index contributed by atoms with van der Waals surface area (Å²) in [4.78, 5) is 0. The van der Waals surface area contributed by atoms with Crippen molar-refractivity contribution in [2.75, 3.05) is 19.7 Å². The van der Waals surface area contributed by atoms with Crippen molar-refractivity contribution in [1.29, 1.82) is 0 Å². The number of fused-ring (bicyclic) bond motifs is 1. The van der Waals surface area contributed by atoms with E-state index in [9.17, 15) is 40.6 Å². The highest BCUT2D eigenvalue weighted by Crippen LogP contribution is 2.49. The normalized spacial score (nSPS) is 19.2. The maximum Gasteiger partial charge on any atom is 0.453 e. The van der Waals surface area contributed by atoms with Crippen LogP contribution in [0.5, 0.6) is 17.2 Å². The Balaban J connectivity index is 1.34. The molecule has 2 unspecified atom stereocenters. The lowest BCUT2D eigenvalue weighted by molar-refractivity contribution is -0.284. The van der Waals surface area contributed by atoms with Crippen molar-refractivity contribution < 1.29 is 45.3 Å². The molecule has 0 fully saturated rings. The topological polar surface area (TPSA) is 108 Å². The third-order valence-corrected chi connectivity index (χ3v) is 9.20. The molecule has 0 saturated carbocycles. The van der Waals surface area contributed by atoms with E-state index in [2.05, 4.69) is 11.6 Å². The summed E-state index contributed by atoms with van der Waals surface area (Å²) in [6.45, 7) is 2.24. The molecule has 0 aromatic heterocycles. The number of benzene rings is 2. The molecule has 1 heterocycles. The van der Waals surface area contributed by atoms with Gasteiger partial charge >= 0.3 is 12.1 Å². The number of halogens is 5. The van der Waals surface area contributed by atoms with Crippen molar-refractivity contribution in [2.45, 2.75) is 94.6 Å². The first kappa shape index (κ1) is 34.8. The standard InChI is InChI=1S/C30H41F5N2O5S/c1-28(22-11-13-23(38)14-12-22)21-42-27-20-24(39)15-16-25(27)26(28)10-7-5-3-2-4-6-8-18-36-43(40,41)37-19-9-17-29(31,32)30(33,34)35/h11-16,20,26,36-39H,2-10,17-19,21H2,1H3. The van der Waals surface area contributed by atoms with Crippen molar-refractivity contribution in [3.63, 3.8) is 0 Å². The summed E-state index contributed by atoms with van der Waals surface area (Å²) in [5, 5.41) is 19.7. The molecule has 0 bridgehead atoms. The second-order valence-corrected chi connectivity index (χ2v) is 13.0. The van der Waals surface area contributed by atoms with Crippen LogP contribution >= 0.6 is 0 Å². The number of aromatic hydroxyl groups is 2. The van der Waals surface area contributed by atoms with Crippen LogP contribution in [0.2, 0.25) is 0 Å². The molecule has 1 aliphatic rings. The molecule has 1 aliphatic heterocycles. The summed E-state index contributed by atoms with van der Waals surface area (Å²) < 4.78 is 96.4. The van der Waals surface area contributed by atoms with Crippen LogP contribution in [0.4, 0.5) is 22.0 Å². The monoisotopic (exact) mass is 636 g/mol. The van der Waals surface area contributed by atoms with E-state index in [0.29, 0.717) is 18.8 Å². The first-order valence-corrected chi connectivity index (χ1v) is 16.1. The van der Waals surface area contributed by atoms with E-state index >= 15 is 0 Å². The Labute approximate surface area is 250 Å². The van der Waals surface area contributed by atoms with Gasteiger partial charge in [0.1, 0.15) is 17.2 Å². The Bertz CT molecular complexity index is 1270. The zero-order valence-corrected chi connectivity index (χ0v) is 25.0. The van der Waals surface area contributed by atoms with Gasteiger partial charge in [-0.3, -0.25) is 0 Å². The summed E-state index contributed by atoms with van der Waals surface area (Å²) in [6.07, 6.45) is -0.601. The fraction of sp³-hybridized carbons (Fsp3) is 0.600. The van der Waals surface area contributed by atoms with Crippen LogP contribution < -0.4 is 14.2 Å². The number of alkyl halides is 5. The van der Waals surface area contributed by atoms with Gasteiger partial charge in [-0.15, -0.1) is 0 Å². The summed E-state index contributed by atoms with van der Waals surface area (Å²) in [6, 6.07) is 12.4. The molecule has 2 atom stereocenters. The quantitative estimate of drug-likeness (QED) is 0.110. The average molecular weight is 637 g/mol. The zero-order valence-electron chi connectivity index (χ0n) is 24.2. The largest absolute Gasteiger partial charge is 0.508 e. The second kappa shape index (κ2) is 14.9. The van der Waals surface area contributed by atoms with Gasteiger partial charge in [0.05, 0.1) is 6.61 Å². The predicted molar refractivity (Wildman–Crippen MR) is 154 cm³/mol. The van der Waals surface area contributed by atoms with Crippen LogP contribution in [0.15, 0.2) is 42.5 Å². The number of ether oxygens (including phenoxy) is 1. The van der Waals surface area contributed by atoms with Gasteiger partial charge in [-0.05, 0) is 48.6 Å². The van der Waals surface area contributed by atoms with Crippen LogP contribution in [-0.4, -0.2) is 50.4 Å². The predicted octanol–water partition coefficient (Wildman–Crippen LogP) is 7.05. The number of phenolic OH excluding ortho intramolecular Hbond substituents is 2. The summed E-state index contributed by atoms with van der Waals surface area (Å²) in [5.41, 5.74) is 1.81. The van der Waals surface area contributed by atoms with Crippen LogP contribution in [0.25, 0.3) is 0 Å². The molecule has 43 heavy (non-hydrogen) atoms. The van der Waals surface area contributed by atoms with Crippen LogP contribution in [0, 0.1) is 0 Å². The summed E-state index contributed by atoms with van der Waals surface area (Å²) >= 11 is 0. The molecule has 0 aliphatic carbocycles. The lowest BCUT2D eigenvalue weighted by atomic mass is 9.66. The van der Waals surface area contributed by atoms with Crippen LogP contribution in [-0.2, 0) is 15.6 Å². The number of hydrogen-bond donors (Lipinski definition) is 4. The lowest BCUT2D eigenvalue weighted by Gasteiger charge is -2.43. The number of phenols is 2. The van der Waals surface area contributed by atoms with Crippen molar-refractivity contribution in [1.82, 2.24) is 9.44 Å².